The molecule has 0 saturated heterocycles. The van der Waals surface area contributed by atoms with Gasteiger partial charge in [0.1, 0.15) is 17.0 Å². The third-order valence-electron chi connectivity index (χ3n) is 3.55. The minimum atomic E-state index is -0.383. The standard InChI is InChI=1S/C18H20N4O2/c1-12(2)24-18(23)15-7-5-9-19-17(15)20-10-14-11-22-13(3)6-4-8-16(22)21-14/h4-9,11-12H,10H2,1-3H3,(H,19,20). The van der Waals surface area contributed by atoms with Gasteiger partial charge in [-0.25, -0.2) is 14.8 Å². The predicted octanol–water partition coefficient (Wildman–Crippen LogP) is 3.22. The topological polar surface area (TPSA) is 68.5 Å². The average molecular weight is 324 g/mol. The van der Waals surface area contributed by atoms with E-state index in [1.165, 1.54) is 0 Å². The summed E-state index contributed by atoms with van der Waals surface area (Å²) in [6, 6.07) is 9.39. The van der Waals surface area contributed by atoms with Crippen molar-refractivity contribution in [2.24, 2.45) is 0 Å². The van der Waals surface area contributed by atoms with Crippen molar-refractivity contribution in [1.29, 1.82) is 0 Å². The largest absolute Gasteiger partial charge is 0.459 e. The monoisotopic (exact) mass is 324 g/mol. The van der Waals surface area contributed by atoms with Crippen molar-refractivity contribution in [3.63, 3.8) is 0 Å². The van der Waals surface area contributed by atoms with Gasteiger partial charge in [-0.15, -0.1) is 0 Å². The first-order chi connectivity index (χ1) is 11.5. The molecule has 6 heteroatoms. The predicted molar refractivity (Wildman–Crippen MR) is 92.0 cm³/mol. The number of hydrogen-bond donors (Lipinski definition) is 1. The first kappa shape index (κ1) is 16.0. The van der Waals surface area contributed by atoms with Gasteiger partial charge in [0.15, 0.2) is 0 Å². The average Bonchev–Trinajstić information content (AvgIpc) is 2.97. The molecule has 0 atom stereocenters. The summed E-state index contributed by atoms with van der Waals surface area (Å²) in [5, 5.41) is 3.18. The molecule has 0 aliphatic rings. The summed E-state index contributed by atoms with van der Waals surface area (Å²) in [7, 11) is 0. The van der Waals surface area contributed by atoms with E-state index in [1.54, 1.807) is 18.3 Å². The van der Waals surface area contributed by atoms with Crippen LogP contribution in [0.2, 0.25) is 0 Å². The van der Waals surface area contributed by atoms with Crippen LogP contribution in [0.1, 0.15) is 35.6 Å². The SMILES string of the molecule is Cc1cccc2nc(CNc3ncccc3C(=O)OC(C)C)cn12. The number of rotatable bonds is 5. The highest BCUT2D eigenvalue weighted by atomic mass is 16.5. The van der Waals surface area contributed by atoms with Crippen LogP contribution in [0.15, 0.2) is 42.7 Å². The number of carbonyl (C=O) groups excluding carboxylic acids is 1. The van der Waals surface area contributed by atoms with Crippen LogP contribution in [0.25, 0.3) is 5.65 Å². The molecule has 1 N–H and O–H groups in total. The Balaban J connectivity index is 1.78. The fourth-order valence-corrected chi connectivity index (χ4v) is 2.45. The van der Waals surface area contributed by atoms with Crippen molar-refractivity contribution in [3.05, 3.63) is 59.7 Å². The van der Waals surface area contributed by atoms with Gasteiger partial charge in [0.25, 0.3) is 0 Å². The number of aromatic nitrogens is 3. The molecule has 3 aromatic heterocycles. The van der Waals surface area contributed by atoms with E-state index in [1.807, 2.05) is 49.6 Å². The normalized spacial score (nSPS) is 11.0. The molecule has 6 nitrogen and oxygen atoms in total. The molecule has 3 heterocycles. The van der Waals surface area contributed by atoms with Gasteiger partial charge in [-0.1, -0.05) is 6.07 Å². The van der Waals surface area contributed by atoms with Gasteiger partial charge in [0, 0.05) is 18.1 Å². The van der Waals surface area contributed by atoms with Gasteiger partial charge in [-0.2, -0.15) is 0 Å². The number of esters is 1. The van der Waals surface area contributed by atoms with E-state index in [4.69, 9.17) is 4.74 Å². The molecule has 0 bridgehead atoms. The van der Waals surface area contributed by atoms with Crippen LogP contribution in [-0.4, -0.2) is 26.4 Å². The van der Waals surface area contributed by atoms with Crippen molar-refractivity contribution in [2.75, 3.05) is 5.32 Å². The van der Waals surface area contributed by atoms with Crippen LogP contribution in [0.5, 0.6) is 0 Å². The molecule has 0 radical (unpaired) electrons. The summed E-state index contributed by atoms with van der Waals surface area (Å²) in [5.41, 5.74) is 3.31. The lowest BCUT2D eigenvalue weighted by Gasteiger charge is -2.11. The Hall–Kier alpha value is -2.89. The summed E-state index contributed by atoms with van der Waals surface area (Å²) in [5.74, 6) is 0.114. The summed E-state index contributed by atoms with van der Waals surface area (Å²) in [4.78, 5) is 21.0. The maximum atomic E-state index is 12.2. The number of carbonyl (C=O) groups is 1. The molecule has 3 aromatic rings. The van der Waals surface area contributed by atoms with E-state index >= 15 is 0 Å². The quantitative estimate of drug-likeness (QED) is 0.730. The van der Waals surface area contributed by atoms with Gasteiger partial charge in [-0.3, -0.25) is 0 Å². The highest BCUT2D eigenvalue weighted by Gasteiger charge is 2.15. The van der Waals surface area contributed by atoms with E-state index in [9.17, 15) is 4.79 Å². The molecule has 0 aliphatic carbocycles. The number of nitrogens with zero attached hydrogens (tertiary/aromatic N) is 3. The first-order valence-corrected chi connectivity index (χ1v) is 7.88. The smallest absolute Gasteiger partial charge is 0.342 e. The Morgan fingerprint density at radius 2 is 2.12 bits per heavy atom. The Labute approximate surface area is 140 Å². The van der Waals surface area contributed by atoms with E-state index < -0.39 is 0 Å². The van der Waals surface area contributed by atoms with Gasteiger partial charge < -0.3 is 14.5 Å². The molecule has 3 rings (SSSR count). The van der Waals surface area contributed by atoms with Crippen LogP contribution in [0, 0.1) is 6.92 Å². The molecule has 0 unspecified atom stereocenters. The van der Waals surface area contributed by atoms with Crippen molar-refractivity contribution < 1.29 is 9.53 Å². The summed E-state index contributed by atoms with van der Waals surface area (Å²) in [6.45, 7) is 6.14. The highest BCUT2D eigenvalue weighted by molar-refractivity contribution is 5.94. The molecular formula is C18H20N4O2. The molecule has 0 amide bonds. The molecule has 24 heavy (non-hydrogen) atoms. The van der Waals surface area contributed by atoms with E-state index in [-0.39, 0.29) is 12.1 Å². The molecule has 0 saturated carbocycles. The number of hydrogen-bond acceptors (Lipinski definition) is 5. The van der Waals surface area contributed by atoms with Gasteiger partial charge in [0.05, 0.1) is 18.3 Å². The summed E-state index contributed by atoms with van der Waals surface area (Å²) < 4.78 is 7.29. The minimum absolute atomic E-state index is 0.174. The number of pyridine rings is 2. The second-order valence-corrected chi connectivity index (χ2v) is 5.83. The third-order valence-corrected chi connectivity index (χ3v) is 3.55. The molecule has 0 aliphatic heterocycles. The molecule has 124 valence electrons. The zero-order valence-electron chi connectivity index (χ0n) is 14.0. The lowest BCUT2D eigenvalue weighted by atomic mass is 10.2. The van der Waals surface area contributed by atoms with E-state index in [0.717, 1.165) is 17.0 Å². The Bertz CT molecular complexity index is 870. The van der Waals surface area contributed by atoms with Crippen LogP contribution < -0.4 is 5.32 Å². The number of imidazole rings is 1. The number of anilines is 1. The second-order valence-electron chi connectivity index (χ2n) is 5.83. The maximum Gasteiger partial charge on any atom is 0.342 e. The summed E-state index contributed by atoms with van der Waals surface area (Å²) >= 11 is 0. The zero-order valence-corrected chi connectivity index (χ0v) is 14.0. The second kappa shape index (κ2) is 6.70. The van der Waals surface area contributed by atoms with Gasteiger partial charge >= 0.3 is 5.97 Å². The Morgan fingerprint density at radius 1 is 1.29 bits per heavy atom. The Kier molecular flexibility index (Phi) is 4.46. The van der Waals surface area contributed by atoms with Crippen LogP contribution in [-0.2, 0) is 11.3 Å². The lowest BCUT2D eigenvalue weighted by Crippen LogP contribution is -2.15. The van der Waals surface area contributed by atoms with Crippen molar-refractivity contribution in [2.45, 2.75) is 33.4 Å². The van der Waals surface area contributed by atoms with E-state index in [2.05, 4.69) is 15.3 Å². The minimum Gasteiger partial charge on any atom is -0.459 e. The Morgan fingerprint density at radius 3 is 2.88 bits per heavy atom. The highest BCUT2D eigenvalue weighted by Crippen LogP contribution is 2.16. The first-order valence-electron chi connectivity index (χ1n) is 7.88. The lowest BCUT2D eigenvalue weighted by molar-refractivity contribution is 0.0378. The number of nitrogens with one attached hydrogen (secondary N) is 1. The van der Waals surface area contributed by atoms with Crippen LogP contribution >= 0.6 is 0 Å². The third kappa shape index (κ3) is 3.37. The van der Waals surface area contributed by atoms with Crippen molar-refractivity contribution in [1.82, 2.24) is 14.4 Å². The van der Waals surface area contributed by atoms with Crippen LogP contribution in [0.3, 0.4) is 0 Å². The molecule has 0 spiro atoms. The number of ether oxygens (including phenoxy) is 1. The van der Waals surface area contributed by atoms with E-state index in [0.29, 0.717) is 17.9 Å². The van der Waals surface area contributed by atoms with Crippen molar-refractivity contribution in [3.8, 4) is 0 Å². The van der Waals surface area contributed by atoms with Gasteiger partial charge in [0.2, 0.25) is 0 Å². The maximum absolute atomic E-state index is 12.2. The van der Waals surface area contributed by atoms with Crippen LogP contribution in [0.4, 0.5) is 5.82 Å². The number of fused-ring (bicyclic) bond motifs is 1. The summed E-state index contributed by atoms with van der Waals surface area (Å²) in [6.07, 6.45) is 3.45. The fraction of sp³-hybridized carbons (Fsp3) is 0.278. The fourth-order valence-electron chi connectivity index (χ4n) is 2.45. The zero-order chi connectivity index (χ0) is 17.1. The molecule has 0 fully saturated rings. The molecule has 0 aromatic carbocycles. The van der Waals surface area contributed by atoms with Crippen molar-refractivity contribution >= 4 is 17.4 Å². The van der Waals surface area contributed by atoms with Gasteiger partial charge in [-0.05, 0) is 45.0 Å². The number of aryl methyl sites for hydroxylation is 1. The molecular weight excluding hydrogens is 304 g/mol.